The van der Waals surface area contributed by atoms with Crippen LogP contribution < -0.4 is 0 Å². The van der Waals surface area contributed by atoms with Crippen molar-refractivity contribution in [1.29, 1.82) is 0 Å². The Kier molecular flexibility index (Phi) is 243. The summed E-state index contributed by atoms with van der Waals surface area (Å²) in [4.78, 5) is 0. The molecule has 0 unspecified atom stereocenters. The minimum absolute atomic E-state index is 0. The molecule has 0 aromatic heterocycles. The van der Waals surface area contributed by atoms with E-state index >= 15 is 0 Å². The normalized spacial score (nSPS) is 0. The van der Waals surface area contributed by atoms with Crippen LogP contribution in [0.1, 0.15) is 0 Å². The second-order valence-corrected chi connectivity index (χ2v) is 0. The predicted molar refractivity (Wildman–Crippen MR) is 15.8 cm³/mol. The van der Waals surface area contributed by atoms with Gasteiger partial charge in [0.15, 0.2) is 0 Å². The monoisotopic (exact) mass is 134 g/mol. The minimum atomic E-state index is 0. The molecule has 0 aliphatic heterocycles. The zero-order valence-corrected chi connectivity index (χ0v) is 2.46. The average molecular weight is 134 g/mol. The average Bonchev–Trinajstić information content (AvgIpc) is 0. The van der Waals surface area contributed by atoms with Gasteiger partial charge in [0, 0.05) is 17.1 Å². The Morgan fingerprint density at radius 3 is 0.750 bits per heavy atom. The van der Waals surface area contributed by atoms with Gasteiger partial charge in [-0.2, -0.15) is 0 Å². The summed E-state index contributed by atoms with van der Waals surface area (Å²) in [7, 11) is 0. The van der Waals surface area contributed by atoms with Crippen LogP contribution in [0.15, 0.2) is 0 Å². The van der Waals surface area contributed by atoms with Crippen molar-refractivity contribution >= 4 is 37.7 Å². The van der Waals surface area contributed by atoms with E-state index in [1.54, 1.807) is 0 Å². The summed E-state index contributed by atoms with van der Waals surface area (Å²) in [6.45, 7) is 0. The maximum Gasteiger partial charge on any atom is 0 e. The Morgan fingerprint density at radius 2 is 0.750 bits per heavy atom. The topological polar surface area (TPSA) is 63.0 Å². The van der Waals surface area contributed by atoms with Crippen LogP contribution in [0, 0.1) is 0 Å². The second kappa shape index (κ2) is 22.3. The van der Waals surface area contributed by atoms with Crippen LogP contribution in [-0.4, -0.2) is 48.7 Å². The van der Waals surface area contributed by atoms with Crippen LogP contribution in [-0.2, 0) is 17.1 Å². The van der Waals surface area contributed by atoms with Gasteiger partial charge in [0.05, 0.1) is 0 Å². The molecule has 0 saturated heterocycles. The smallest absolute Gasteiger partial charge is 0 e. The van der Waals surface area contributed by atoms with Crippen LogP contribution in [0.4, 0.5) is 0 Å². The SMILES string of the molecule is O.O.[CaH2].[Fe]. The van der Waals surface area contributed by atoms with Crippen LogP contribution in [0.2, 0.25) is 0 Å². The van der Waals surface area contributed by atoms with E-state index in [1.165, 1.54) is 0 Å². The van der Waals surface area contributed by atoms with Gasteiger partial charge in [0.25, 0.3) is 0 Å². The van der Waals surface area contributed by atoms with Crippen molar-refractivity contribution in [3.63, 3.8) is 0 Å². The molecule has 0 atom stereocenters. The summed E-state index contributed by atoms with van der Waals surface area (Å²) in [5.74, 6) is 0. The van der Waals surface area contributed by atoms with Crippen molar-refractivity contribution < 1.29 is 28.0 Å². The standard InChI is InChI=1S/Ca.Fe.2H2O.2H/h;;2*1H2;;. The van der Waals surface area contributed by atoms with E-state index in [0.29, 0.717) is 0 Å². The molecular formula is H6CaFeO2. The van der Waals surface area contributed by atoms with Gasteiger partial charge in [0.2, 0.25) is 0 Å². The molecule has 0 aromatic carbocycles. The molecule has 0 bridgehead atoms. The summed E-state index contributed by atoms with van der Waals surface area (Å²) in [6, 6.07) is 0. The molecule has 4 heavy (non-hydrogen) atoms. The van der Waals surface area contributed by atoms with E-state index in [-0.39, 0.29) is 65.8 Å². The van der Waals surface area contributed by atoms with Gasteiger partial charge >= 0.3 is 37.7 Å². The van der Waals surface area contributed by atoms with Crippen molar-refractivity contribution in [2.45, 2.75) is 0 Å². The summed E-state index contributed by atoms with van der Waals surface area (Å²) in [5, 5.41) is 0. The van der Waals surface area contributed by atoms with E-state index in [9.17, 15) is 0 Å². The molecule has 0 spiro atoms. The van der Waals surface area contributed by atoms with E-state index in [2.05, 4.69) is 0 Å². The van der Waals surface area contributed by atoms with Gasteiger partial charge < -0.3 is 11.0 Å². The number of hydrogen-bond acceptors (Lipinski definition) is 0. The van der Waals surface area contributed by atoms with Gasteiger partial charge in [-0.3, -0.25) is 0 Å². The fraction of sp³-hybridized carbons (Fsp3) is 0. The first-order valence-electron chi connectivity index (χ1n) is 0. The molecule has 2 nitrogen and oxygen atoms in total. The molecule has 0 heterocycles. The largest absolute Gasteiger partial charge is 0 e. The molecule has 4 heteroatoms. The van der Waals surface area contributed by atoms with Crippen LogP contribution in [0.5, 0.6) is 0 Å². The van der Waals surface area contributed by atoms with E-state index in [4.69, 9.17) is 0 Å². The van der Waals surface area contributed by atoms with Crippen LogP contribution >= 0.6 is 0 Å². The maximum atomic E-state index is 0. The molecule has 0 fully saturated rings. The number of hydrogen-bond donors (Lipinski definition) is 0. The number of rotatable bonds is 0. The zero-order chi connectivity index (χ0) is 0. The van der Waals surface area contributed by atoms with Gasteiger partial charge in [-0.05, 0) is 0 Å². The second-order valence-electron chi connectivity index (χ2n) is 0. The van der Waals surface area contributed by atoms with Crippen molar-refractivity contribution in [3.8, 4) is 0 Å². The first kappa shape index (κ1) is 43.6. The third kappa shape index (κ3) is 9.33. The fourth-order valence-corrected chi connectivity index (χ4v) is 0. The fourth-order valence-electron chi connectivity index (χ4n) is 0. The van der Waals surface area contributed by atoms with Gasteiger partial charge in [-0.15, -0.1) is 0 Å². The van der Waals surface area contributed by atoms with Gasteiger partial charge in [-0.25, -0.2) is 0 Å². The van der Waals surface area contributed by atoms with Gasteiger partial charge in [0.1, 0.15) is 0 Å². The minimum Gasteiger partial charge on any atom is 0 e. The van der Waals surface area contributed by atoms with Crippen molar-refractivity contribution in [2.75, 3.05) is 0 Å². The molecular weight excluding hydrogens is 128 g/mol. The van der Waals surface area contributed by atoms with E-state index < -0.39 is 0 Å². The molecule has 0 radical (unpaired) electrons. The molecule has 0 amide bonds. The molecule has 0 rings (SSSR count). The Labute approximate surface area is 65.0 Å². The molecule has 0 aliphatic rings. The Hall–Kier alpha value is 1.70. The third-order valence-electron chi connectivity index (χ3n) is 0. The van der Waals surface area contributed by atoms with Crippen molar-refractivity contribution in [2.24, 2.45) is 0 Å². The van der Waals surface area contributed by atoms with Crippen LogP contribution in [0.3, 0.4) is 0 Å². The third-order valence-corrected chi connectivity index (χ3v) is 0. The summed E-state index contributed by atoms with van der Waals surface area (Å²) >= 11 is 0. The molecule has 28 valence electrons. The Morgan fingerprint density at radius 1 is 0.750 bits per heavy atom. The predicted octanol–water partition coefficient (Wildman–Crippen LogP) is -2.57. The first-order chi connectivity index (χ1) is 0. The van der Waals surface area contributed by atoms with Crippen molar-refractivity contribution in [3.05, 3.63) is 0 Å². The quantitative estimate of drug-likeness (QED) is 0.327. The molecule has 0 aromatic rings. The molecule has 0 saturated carbocycles. The zero-order valence-electron chi connectivity index (χ0n) is 1.35. The summed E-state index contributed by atoms with van der Waals surface area (Å²) < 4.78 is 0. The Bertz CT molecular complexity index is 6.00. The summed E-state index contributed by atoms with van der Waals surface area (Å²) in [6.07, 6.45) is 0. The van der Waals surface area contributed by atoms with E-state index in [0.717, 1.165) is 0 Å². The van der Waals surface area contributed by atoms with Gasteiger partial charge in [-0.1, -0.05) is 0 Å². The molecule has 0 aliphatic carbocycles. The maximum absolute atomic E-state index is 0. The van der Waals surface area contributed by atoms with Crippen LogP contribution in [0.25, 0.3) is 0 Å². The summed E-state index contributed by atoms with van der Waals surface area (Å²) in [5.41, 5.74) is 0. The molecule has 4 N–H and O–H groups in total. The van der Waals surface area contributed by atoms with E-state index in [1.807, 2.05) is 0 Å². The van der Waals surface area contributed by atoms with Crippen molar-refractivity contribution in [1.82, 2.24) is 0 Å². The Balaban J connectivity index is 0. The first-order valence-corrected chi connectivity index (χ1v) is 0.